The van der Waals surface area contributed by atoms with Crippen molar-refractivity contribution in [3.8, 4) is 11.1 Å². The SMILES string of the molecule is O=C(OC[C@]1(O)CN[C@H](C(=O)O)C1)c1ccc(-c2ccc(C(F)(F)F)cc2)cc1. The second-order valence-electron chi connectivity index (χ2n) is 6.93. The number of carbonyl (C=O) groups is 2. The van der Waals surface area contributed by atoms with Crippen molar-refractivity contribution in [3.05, 3.63) is 59.7 Å². The van der Waals surface area contributed by atoms with Gasteiger partial charge in [-0.1, -0.05) is 24.3 Å². The highest BCUT2D eigenvalue weighted by Gasteiger charge is 2.41. The summed E-state index contributed by atoms with van der Waals surface area (Å²) in [6.45, 7) is -0.368. The zero-order valence-corrected chi connectivity index (χ0v) is 15.1. The first kappa shape index (κ1) is 20.8. The van der Waals surface area contributed by atoms with E-state index in [-0.39, 0.29) is 25.1 Å². The molecule has 1 fully saturated rings. The van der Waals surface area contributed by atoms with Crippen molar-refractivity contribution < 1.29 is 37.7 Å². The summed E-state index contributed by atoms with van der Waals surface area (Å²) >= 11 is 0. The number of rotatable bonds is 5. The number of carboxylic acids is 1. The number of esters is 1. The van der Waals surface area contributed by atoms with Crippen LogP contribution in [0.2, 0.25) is 0 Å². The fraction of sp³-hybridized carbons (Fsp3) is 0.300. The molecule has 154 valence electrons. The van der Waals surface area contributed by atoms with Crippen molar-refractivity contribution in [2.45, 2.75) is 24.2 Å². The first-order valence-electron chi connectivity index (χ1n) is 8.71. The molecule has 2 aromatic rings. The molecule has 2 atom stereocenters. The van der Waals surface area contributed by atoms with E-state index >= 15 is 0 Å². The molecule has 0 bridgehead atoms. The van der Waals surface area contributed by atoms with Gasteiger partial charge in [0.05, 0.1) is 11.1 Å². The Morgan fingerprint density at radius 3 is 2.10 bits per heavy atom. The second kappa shape index (κ2) is 7.84. The van der Waals surface area contributed by atoms with Gasteiger partial charge in [0.15, 0.2) is 0 Å². The van der Waals surface area contributed by atoms with Crippen LogP contribution in [0.5, 0.6) is 0 Å². The van der Waals surface area contributed by atoms with Gasteiger partial charge in [-0.15, -0.1) is 0 Å². The quantitative estimate of drug-likeness (QED) is 0.658. The van der Waals surface area contributed by atoms with Crippen molar-refractivity contribution in [1.82, 2.24) is 5.32 Å². The number of aliphatic hydroxyl groups is 1. The van der Waals surface area contributed by atoms with Gasteiger partial charge in [-0.05, 0) is 35.4 Å². The Morgan fingerprint density at radius 2 is 1.62 bits per heavy atom. The summed E-state index contributed by atoms with van der Waals surface area (Å²) in [5.74, 6) is -1.79. The maximum Gasteiger partial charge on any atom is 0.416 e. The molecule has 3 rings (SSSR count). The molecule has 9 heteroatoms. The average molecular weight is 409 g/mol. The number of carboxylic acid groups (broad SMARTS) is 1. The molecule has 1 saturated heterocycles. The van der Waals surface area contributed by atoms with E-state index in [1.54, 1.807) is 12.1 Å². The molecule has 6 nitrogen and oxygen atoms in total. The van der Waals surface area contributed by atoms with Crippen LogP contribution in [0.3, 0.4) is 0 Å². The number of aliphatic carboxylic acids is 1. The van der Waals surface area contributed by atoms with E-state index in [0.29, 0.717) is 11.1 Å². The molecular formula is C20H18F3NO5. The van der Waals surface area contributed by atoms with Gasteiger partial charge in [-0.2, -0.15) is 13.2 Å². The Hall–Kier alpha value is -2.91. The monoisotopic (exact) mass is 409 g/mol. The lowest BCUT2D eigenvalue weighted by Crippen LogP contribution is -2.37. The molecule has 29 heavy (non-hydrogen) atoms. The van der Waals surface area contributed by atoms with E-state index in [9.17, 15) is 27.9 Å². The van der Waals surface area contributed by atoms with Crippen LogP contribution >= 0.6 is 0 Å². The molecule has 2 aromatic carbocycles. The van der Waals surface area contributed by atoms with Crippen LogP contribution < -0.4 is 5.32 Å². The molecule has 0 aromatic heterocycles. The second-order valence-corrected chi connectivity index (χ2v) is 6.93. The van der Waals surface area contributed by atoms with Gasteiger partial charge in [-0.25, -0.2) is 4.79 Å². The van der Waals surface area contributed by atoms with Crippen LogP contribution in [0.1, 0.15) is 22.3 Å². The number of hydrogen-bond acceptors (Lipinski definition) is 5. The number of halogens is 3. The Morgan fingerprint density at radius 1 is 1.07 bits per heavy atom. The third kappa shape index (κ3) is 4.93. The highest BCUT2D eigenvalue weighted by molar-refractivity contribution is 5.90. The van der Waals surface area contributed by atoms with Crippen molar-refractivity contribution >= 4 is 11.9 Å². The van der Waals surface area contributed by atoms with Crippen LogP contribution in [0.25, 0.3) is 11.1 Å². The van der Waals surface area contributed by atoms with Crippen molar-refractivity contribution in [1.29, 1.82) is 0 Å². The van der Waals surface area contributed by atoms with Crippen LogP contribution in [-0.4, -0.2) is 46.9 Å². The number of benzene rings is 2. The smallest absolute Gasteiger partial charge is 0.416 e. The minimum absolute atomic E-state index is 0.00982. The van der Waals surface area contributed by atoms with Gasteiger partial charge in [0, 0.05) is 13.0 Å². The van der Waals surface area contributed by atoms with E-state index in [1.165, 1.54) is 24.3 Å². The molecule has 1 heterocycles. The average Bonchev–Trinajstić information content (AvgIpc) is 3.09. The van der Waals surface area contributed by atoms with Crippen molar-refractivity contribution in [2.24, 2.45) is 0 Å². The van der Waals surface area contributed by atoms with E-state index in [4.69, 9.17) is 9.84 Å². The molecule has 0 spiro atoms. The summed E-state index contributed by atoms with van der Waals surface area (Å²) in [7, 11) is 0. The highest BCUT2D eigenvalue weighted by atomic mass is 19.4. The Bertz CT molecular complexity index is 896. The maximum atomic E-state index is 12.6. The highest BCUT2D eigenvalue weighted by Crippen LogP contribution is 2.31. The minimum Gasteiger partial charge on any atom is -0.480 e. The summed E-state index contributed by atoms with van der Waals surface area (Å²) in [4.78, 5) is 23.1. The van der Waals surface area contributed by atoms with Crippen LogP contribution in [0.4, 0.5) is 13.2 Å². The lowest BCUT2D eigenvalue weighted by atomic mass is 10.0. The summed E-state index contributed by atoms with van der Waals surface area (Å²) in [6, 6.07) is 9.84. The number of β-amino-alcohol motifs (C(OH)–C–C–N with tert-alkyl or cyclic N) is 1. The molecule has 0 unspecified atom stereocenters. The predicted octanol–water partition coefficient (Wildman–Crippen LogP) is 2.71. The van der Waals surface area contributed by atoms with Gasteiger partial charge < -0.3 is 20.3 Å². The Kier molecular flexibility index (Phi) is 5.63. The molecular weight excluding hydrogens is 391 g/mol. The standard InChI is InChI=1S/C20H18F3NO5/c21-20(22,23)15-7-5-13(6-8-15)12-1-3-14(4-2-12)18(27)29-11-19(28)9-16(17(25)26)24-10-19/h1-8,16,24,28H,9-11H2,(H,25,26)/t16-,19+/m0/s1. The largest absolute Gasteiger partial charge is 0.480 e. The summed E-state index contributed by atoms with van der Waals surface area (Å²) < 4.78 is 43.0. The Labute approximate surface area is 163 Å². The number of ether oxygens (including phenoxy) is 1. The van der Waals surface area contributed by atoms with Crippen LogP contribution in [0.15, 0.2) is 48.5 Å². The van der Waals surface area contributed by atoms with Crippen LogP contribution in [0, 0.1) is 0 Å². The van der Waals surface area contributed by atoms with Crippen molar-refractivity contribution in [3.63, 3.8) is 0 Å². The van der Waals surface area contributed by atoms with Gasteiger partial charge in [0.25, 0.3) is 0 Å². The number of alkyl halides is 3. The topological polar surface area (TPSA) is 95.9 Å². The zero-order valence-electron chi connectivity index (χ0n) is 15.1. The number of carbonyl (C=O) groups excluding carboxylic acids is 1. The fourth-order valence-corrected chi connectivity index (χ4v) is 3.06. The predicted molar refractivity (Wildman–Crippen MR) is 96.2 cm³/mol. The Balaban J connectivity index is 1.61. The van der Waals surface area contributed by atoms with Gasteiger partial charge in [-0.3, -0.25) is 4.79 Å². The minimum atomic E-state index is -4.41. The molecule has 1 aliphatic heterocycles. The molecule has 3 N–H and O–H groups in total. The molecule has 0 saturated carbocycles. The van der Waals surface area contributed by atoms with E-state index in [0.717, 1.165) is 12.1 Å². The van der Waals surface area contributed by atoms with Crippen LogP contribution in [-0.2, 0) is 15.7 Å². The third-order valence-electron chi connectivity index (χ3n) is 4.70. The third-order valence-corrected chi connectivity index (χ3v) is 4.70. The van der Waals surface area contributed by atoms with E-state index < -0.39 is 35.3 Å². The zero-order chi connectivity index (χ0) is 21.2. The van der Waals surface area contributed by atoms with E-state index in [2.05, 4.69) is 5.32 Å². The molecule has 0 radical (unpaired) electrons. The number of nitrogens with one attached hydrogen (secondary N) is 1. The molecule has 0 amide bonds. The van der Waals surface area contributed by atoms with Gasteiger partial charge in [0.2, 0.25) is 0 Å². The van der Waals surface area contributed by atoms with Gasteiger partial charge >= 0.3 is 18.1 Å². The summed E-state index contributed by atoms with van der Waals surface area (Å²) in [5, 5.41) is 21.9. The lowest BCUT2D eigenvalue weighted by molar-refractivity contribution is -0.139. The summed E-state index contributed by atoms with van der Waals surface area (Å²) in [6.07, 6.45) is -4.49. The summed E-state index contributed by atoms with van der Waals surface area (Å²) in [5.41, 5.74) is -0.822. The first-order chi connectivity index (χ1) is 13.6. The van der Waals surface area contributed by atoms with Crippen molar-refractivity contribution in [2.75, 3.05) is 13.2 Å². The number of hydrogen-bond donors (Lipinski definition) is 3. The normalized spacial score (nSPS) is 21.7. The lowest BCUT2D eigenvalue weighted by Gasteiger charge is -2.20. The fourth-order valence-electron chi connectivity index (χ4n) is 3.06. The first-order valence-corrected chi connectivity index (χ1v) is 8.71. The molecule has 0 aliphatic carbocycles. The van der Waals surface area contributed by atoms with Gasteiger partial charge in [0.1, 0.15) is 18.2 Å². The van der Waals surface area contributed by atoms with E-state index in [1.807, 2.05) is 0 Å². The maximum absolute atomic E-state index is 12.6. The molecule has 1 aliphatic rings.